The van der Waals surface area contributed by atoms with E-state index in [1.807, 2.05) is 6.92 Å². The first-order valence-corrected chi connectivity index (χ1v) is 5.30. The quantitative estimate of drug-likeness (QED) is 0.705. The molecule has 0 rings (SSSR count). The number of carbonyl (C=O) groups is 2. The minimum atomic E-state index is -0.808. The predicted octanol–water partition coefficient (Wildman–Crippen LogP) is 1.51. The summed E-state index contributed by atoms with van der Waals surface area (Å²) in [6.45, 7) is 8.04. The molecule has 4 nitrogen and oxygen atoms in total. The number of carboxylic acid groups (broad SMARTS) is 1. The van der Waals surface area contributed by atoms with Gasteiger partial charge in [0, 0.05) is 13.5 Å². The van der Waals surface area contributed by atoms with Crippen molar-refractivity contribution in [2.24, 2.45) is 17.8 Å². The van der Waals surface area contributed by atoms with Crippen molar-refractivity contribution in [3.8, 4) is 0 Å². The van der Waals surface area contributed by atoms with Crippen LogP contribution in [-0.4, -0.2) is 23.5 Å². The molecule has 2 N–H and O–H groups in total. The Balaban J connectivity index is 4.29. The largest absolute Gasteiger partial charge is 0.481 e. The third-order valence-electron chi connectivity index (χ3n) is 2.85. The van der Waals surface area contributed by atoms with Gasteiger partial charge in [0.05, 0.1) is 6.42 Å². The van der Waals surface area contributed by atoms with Crippen LogP contribution in [0, 0.1) is 17.8 Å². The highest BCUT2D eigenvalue weighted by Gasteiger charge is 2.22. The monoisotopic (exact) mass is 215 g/mol. The zero-order valence-electron chi connectivity index (χ0n) is 9.91. The maximum Gasteiger partial charge on any atom is 0.303 e. The summed E-state index contributed by atoms with van der Waals surface area (Å²) in [6, 6.07) is 0. The highest BCUT2D eigenvalue weighted by atomic mass is 16.4. The summed E-state index contributed by atoms with van der Waals surface area (Å²) < 4.78 is 0. The van der Waals surface area contributed by atoms with E-state index in [9.17, 15) is 9.59 Å². The predicted molar refractivity (Wildman–Crippen MR) is 58.4 cm³/mol. The Bertz CT molecular complexity index is 226. The number of carbonyl (C=O) groups excluding carboxylic acids is 1. The Labute approximate surface area is 91.1 Å². The third kappa shape index (κ3) is 6.10. The van der Waals surface area contributed by atoms with Gasteiger partial charge in [0.25, 0.3) is 0 Å². The molecule has 0 aliphatic heterocycles. The molecule has 88 valence electrons. The molecule has 0 aliphatic rings. The topological polar surface area (TPSA) is 66.4 Å². The van der Waals surface area contributed by atoms with Crippen molar-refractivity contribution < 1.29 is 14.7 Å². The lowest BCUT2D eigenvalue weighted by Crippen LogP contribution is -2.33. The van der Waals surface area contributed by atoms with Crippen LogP contribution in [0.25, 0.3) is 0 Å². The standard InChI is InChI=1S/C11H21NO3/c1-7(2)8(3)10(5-11(14)15)6-12-9(4)13/h7-8,10H,5-6H2,1-4H3,(H,12,13)(H,14,15). The maximum absolute atomic E-state index is 10.8. The molecule has 0 saturated carbocycles. The van der Waals surface area contributed by atoms with Crippen molar-refractivity contribution in [2.75, 3.05) is 6.54 Å². The van der Waals surface area contributed by atoms with E-state index in [2.05, 4.69) is 19.2 Å². The van der Waals surface area contributed by atoms with Crippen molar-refractivity contribution in [2.45, 2.75) is 34.1 Å². The van der Waals surface area contributed by atoms with Crippen molar-refractivity contribution in [3.05, 3.63) is 0 Å². The Hall–Kier alpha value is -1.06. The fourth-order valence-corrected chi connectivity index (χ4v) is 1.49. The van der Waals surface area contributed by atoms with Gasteiger partial charge in [-0.2, -0.15) is 0 Å². The van der Waals surface area contributed by atoms with E-state index in [0.717, 1.165) is 0 Å². The molecule has 0 spiro atoms. The number of aliphatic carboxylic acids is 1. The van der Waals surface area contributed by atoms with Gasteiger partial charge >= 0.3 is 5.97 Å². The molecular weight excluding hydrogens is 194 g/mol. The van der Waals surface area contributed by atoms with E-state index in [-0.39, 0.29) is 24.2 Å². The average Bonchev–Trinajstić information content (AvgIpc) is 2.10. The molecule has 0 aliphatic carbocycles. The van der Waals surface area contributed by atoms with E-state index in [4.69, 9.17) is 5.11 Å². The summed E-state index contributed by atoms with van der Waals surface area (Å²) in [6.07, 6.45) is 0.111. The lowest BCUT2D eigenvalue weighted by Gasteiger charge is -2.25. The molecule has 2 atom stereocenters. The summed E-state index contributed by atoms with van der Waals surface area (Å²) in [7, 11) is 0. The summed E-state index contributed by atoms with van der Waals surface area (Å²) in [5.74, 6) is -0.207. The molecule has 1 amide bonds. The highest BCUT2D eigenvalue weighted by molar-refractivity contribution is 5.73. The number of carboxylic acids is 1. The minimum Gasteiger partial charge on any atom is -0.481 e. The van der Waals surface area contributed by atoms with E-state index < -0.39 is 5.97 Å². The molecule has 0 aromatic heterocycles. The van der Waals surface area contributed by atoms with Gasteiger partial charge in [-0.15, -0.1) is 0 Å². The summed E-state index contributed by atoms with van der Waals surface area (Å²) in [5, 5.41) is 11.5. The molecule has 0 bridgehead atoms. The van der Waals surface area contributed by atoms with E-state index >= 15 is 0 Å². The van der Waals surface area contributed by atoms with Crippen LogP contribution < -0.4 is 5.32 Å². The first kappa shape index (κ1) is 13.9. The fraction of sp³-hybridized carbons (Fsp3) is 0.818. The number of hydrogen-bond donors (Lipinski definition) is 2. The highest BCUT2D eigenvalue weighted by Crippen LogP contribution is 2.22. The molecule has 0 radical (unpaired) electrons. The van der Waals surface area contributed by atoms with Crippen LogP contribution in [0.15, 0.2) is 0 Å². The Morgan fingerprint density at radius 3 is 2.13 bits per heavy atom. The Morgan fingerprint density at radius 2 is 1.80 bits per heavy atom. The molecule has 2 unspecified atom stereocenters. The molecular formula is C11H21NO3. The second-order valence-electron chi connectivity index (χ2n) is 4.40. The third-order valence-corrected chi connectivity index (χ3v) is 2.85. The van der Waals surface area contributed by atoms with Crippen molar-refractivity contribution in [1.82, 2.24) is 5.32 Å². The number of amides is 1. The Kier molecular flexibility index (Phi) is 5.97. The Morgan fingerprint density at radius 1 is 1.27 bits per heavy atom. The maximum atomic E-state index is 10.8. The molecule has 0 fully saturated rings. The SMILES string of the molecule is CC(=O)NCC(CC(=O)O)C(C)C(C)C. The van der Waals surface area contributed by atoms with E-state index in [0.29, 0.717) is 12.5 Å². The zero-order chi connectivity index (χ0) is 12.0. The van der Waals surface area contributed by atoms with Crippen LogP contribution in [0.4, 0.5) is 0 Å². The minimum absolute atomic E-state index is 0.00593. The molecule has 0 heterocycles. The molecule has 0 aromatic rings. The first-order valence-electron chi connectivity index (χ1n) is 5.30. The smallest absolute Gasteiger partial charge is 0.303 e. The summed E-state index contributed by atoms with van der Waals surface area (Å²) in [4.78, 5) is 21.4. The van der Waals surface area contributed by atoms with E-state index in [1.165, 1.54) is 6.92 Å². The number of nitrogens with one attached hydrogen (secondary N) is 1. The molecule has 0 saturated heterocycles. The van der Waals surface area contributed by atoms with Gasteiger partial charge in [0.2, 0.25) is 5.91 Å². The van der Waals surface area contributed by atoms with Gasteiger partial charge < -0.3 is 10.4 Å². The van der Waals surface area contributed by atoms with Gasteiger partial charge in [0.1, 0.15) is 0 Å². The molecule has 15 heavy (non-hydrogen) atoms. The van der Waals surface area contributed by atoms with Crippen LogP contribution in [0.5, 0.6) is 0 Å². The van der Waals surface area contributed by atoms with E-state index in [1.54, 1.807) is 0 Å². The normalized spacial score (nSPS) is 14.7. The van der Waals surface area contributed by atoms with Crippen LogP contribution in [0.3, 0.4) is 0 Å². The van der Waals surface area contributed by atoms with Crippen molar-refractivity contribution in [3.63, 3.8) is 0 Å². The number of hydrogen-bond acceptors (Lipinski definition) is 2. The zero-order valence-corrected chi connectivity index (χ0v) is 9.91. The first-order chi connectivity index (χ1) is 6.84. The van der Waals surface area contributed by atoms with Gasteiger partial charge in [0.15, 0.2) is 0 Å². The van der Waals surface area contributed by atoms with Crippen LogP contribution in [0.2, 0.25) is 0 Å². The van der Waals surface area contributed by atoms with Gasteiger partial charge in [-0.3, -0.25) is 9.59 Å². The van der Waals surface area contributed by atoms with Crippen LogP contribution >= 0.6 is 0 Å². The van der Waals surface area contributed by atoms with Crippen LogP contribution in [-0.2, 0) is 9.59 Å². The fourth-order valence-electron chi connectivity index (χ4n) is 1.49. The van der Waals surface area contributed by atoms with Gasteiger partial charge in [-0.05, 0) is 17.8 Å². The summed E-state index contributed by atoms with van der Waals surface area (Å²) >= 11 is 0. The lowest BCUT2D eigenvalue weighted by atomic mass is 9.83. The van der Waals surface area contributed by atoms with Gasteiger partial charge in [-0.1, -0.05) is 20.8 Å². The van der Waals surface area contributed by atoms with Crippen molar-refractivity contribution >= 4 is 11.9 Å². The van der Waals surface area contributed by atoms with Crippen LogP contribution in [0.1, 0.15) is 34.1 Å². The lowest BCUT2D eigenvalue weighted by molar-refractivity contribution is -0.138. The number of rotatable bonds is 6. The average molecular weight is 215 g/mol. The van der Waals surface area contributed by atoms with Crippen molar-refractivity contribution in [1.29, 1.82) is 0 Å². The van der Waals surface area contributed by atoms with Gasteiger partial charge in [-0.25, -0.2) is 0 Å². The summed E-state index contributed by atoms with van der Waals surface area (Å²) in [5.41, 5.74) is 0. The second-order valence-corrected chi connectivity index (χ2v) is 4.40. The second kappa shape index (κ2) is 6.43. The molecule has 4 heteroatoms. The molecule has 0 aromatic carbocycles.